The first-order chi connectivity index (χ1) is 10.1. The second kappa shape index (κ2) is 8.08. The molecule has 0 spiro atoms. The van der Waals surface area contributed by atoms with E-state index in [0.29, 0.717) is 17.5 Å². The topological polar surface area (TPSA) is 66.4 Å². The average Bonchev–Trinajstić information content (AvgIpc) is 2.52. The van der Waals surface area contributed by atoms with Crippen molar-refractivity contribution in [1.82, 2.24) is 5.32 Å². The zero-order chi connectivity index (χ0) is 15.1. The highest BCUT2D eigenvalue weighted by atomic mass is 32.2. The molecule has 0 aliphatic heterocycles. The van der Waals surface area contributed by atoms with Crippen LogP contribution in [0.5, 0.6) is 0 Å². The van der Waals surface area contributed by atoms with Crippen LogP contribution in [0.3, 0.4) is 0 Å². The number of hydrogen-bond acceptors (Lipinski definition) is 3. The second-order valence-electron chi connectivity index (χ2n) is 5.39. The van der Waals surface area contributed by atoms with Gasteiger partial charge in [-0.1, -0.05) is 30.3 Å². The third-order valence-corrected chi connectivity index (χ3v) is 5.18. The molecule has 1 amide bonds. The zero-order valence-corrected chi connectivity index (χ0v) is 12.8. The Labute approximate surface area is 129 Å². The van der Waals surface area contributed by atoms with Gasteiger partial charge in [-0.25, -0.2) is 0 Å². The number of nitrogens with one attached hydrogen (secondary N) is 1. The molecule has 2 N–H and O–H groups in total. The van der Waals surface area contributed by atoms with Crippen LogP contribution in [0.15, 0.2) is 30.3 Å². The molecule has 0 aromatic heterocycles. The van der Waals surface area contributed by atoms with E-state index < -0.39 is 5.97 Å². The lowest BCUT2D eigenvalue weighted by Crippen LogP contribution is -2.27. The lowest BCUT2D eigenvalue weighted by molar-refractivity contribution is -0.142. The van der Waals surface area contributed by atoms with E-state index in [1.165, 1.54) is 0 Å². The number of rotatable bonds is 6. The van der Waals surface area contributed by atoms with Gasteiger partial charge in [0.1, 0.15) is 0 Å². The molecule has 4 nitrogen and oxygen atoms in total. The molecule has 2 rings (SSSR count). The molecule has 0 heterocycles. The summed E-state index contributed by atoms with van der Waals surface area (Å²) in [4.78, 5) is 22.7. The van der Waals surface area contributed by atoms with E-state index in [-0.39, 0.29) is 11.8 Å². The highest BCUT2D eigenvalue weighted by molar-refractivity contribution is 8.00. The summed E-state index contributed by atoms with van der Waals surface area (Å²) < 4.78 is 0. The number of hydrogen-bond donors (Lipinski definition) is 2. The van der Waals surface area contributed by atoms with Gasteiger partial charge in [-0.2, -0.15) is 0 Å². The average molecular weight is 307 g/mol. The maximum atomic E-state index is 11.8. The van der Waals surface area contributed by atoms with E-state index in [0.717, 1.165) is 31.2 Å². The third kappa shape index (κ3) is 5.42. The number of aliphatic carboxylic acids is 1. The SMILES string of the molecule is O=C(CSC1CCC(C(=O)O)CC1)NCc1ccccc1. The van der Waals surface area contributed by atoms with E-state index in [9.17, 15) is 9.59 Å². The molecule has 21 heavy (non-hydrogen) atoms. The molecule has 0 bridgehead atoms. The van der Waals surface area contributed by atoms with Gasteiger partial charge in [-0.3, -0.25) is 9.59 Å². The fourth-order valence-corrected chi connectivity index (χ4v) is 3.61. The van der Waals surface area contributed by atoms with Crippen molar-refractivity contribution < 1.29 is 14.7 Å². The molecular weight excluding hydrogens is 286 g/mol. The van der Waals surface area contributed by atoms with Crippen molar-refractivity contribution in [2.75, 3.05) is 5.75 Å². The first-order valence-corrected chi connectivity index (χ1v) is 8.35. The smallest absolute Gasteiger partial charge is 0.306 e. The minimum Gasteiger partial charge on any atom is -0.481 e. The number of benzene rings is 1. The first kappa shape index (κ1) is 15.9. The van der Waals surface area contributed by atoms with Crippen molar-refractivity contribution in [2.45, 2.75) is 37.5 Å². The molecule has 0 atom stereocenters. The van der Waals surface area contributed by atoms with Crippen molar-refractivity contribution in [3.05, 3.63) is 35.9 Å². The highest BCUT2D eigenvalue weighted by Gasteiger charge is 2.26. The van der Waals surface area contributed by atoms with Crippen LogP contribution in [0, 0.1) is 5.92 Å². The predicted molar refractivity (Wildman–Crippen MR) is 84.1 cm³/mol. The Kier molecular flexibility index (Phi) is 6.11. The van der Waals surface area contributed by atoms with Crippen LogP contribution in [-0.4, -0.2) is 28.0 Å². The summed E-state index contributed by atoms with van der Waals surface area (Å²) in [6.45, 7) is 0.561. The van der Waals surface area contributed by atoms with Crippen LogP contribution in [0.2, 0.25) is 0 Å². The Bertz CT molecular complexity index is 470. The monoisotopic (exact) mass is 307 g/mol. The largest absolute Gasteiger partial charge is 0.481 e. The number of carbonyl (C=O) groups excluding carboxylic acids is 1. The van der Waals surface area contributed by atoms with Crippen molar-refractivity contribution >= 4 is 23.6 Å². The van der Waals surface area contributed by atoms with Gasteiger partial charge in [0.2, 0.25) is 5.91 Å². The first-order valence-electron chi connectivity index (χ1n) is 7.30. The van der Waals surface area contributed by atoms with E-state index in [1.54, 1.807) is 11.8 Å². The Balaban J connectivity index is 1.62. The molecule has 1 fully saturated rings. The van der Waals surface area contributed by atoms with Gasteiger partial charge < -0.3 is 10.4 Å². The standard InChI is InChI=1S/C16H21NO3S/c18-15(17-10-12-4-2-1-3-5-12)11-21-14-8-6-13(7-9-14)16(19)20/h1-5,13-14H,6-11H2,(H,17,18)(H,19,20). The van der Waals surface area contributed by atoms with Crippen molar-refractivity contribution in [3.63, 3.8) is 0 Å². The second-order valence-corrected chi connectivity index (χ2v) is 6.67. The number of carboxylic acids is 1. The Morgan fingerprint density at radius 2 is 1.81 bits per heavy atom. The lowest BCUT2D eigenvalue weighted by Gasteiger charge is -2.25. The van der Waals surface area contributed by atoms with Crippen LogP contribution < -0.4 is 5.32 Å². The molecule has 0 unspecified atom stereocenters. The molecular formula is C16H21NO3S. The van der Waals surface area contributed by atoms with Crippen LogP contribution in [-0.2, 0) is 16.1 Å². The normalized spacial score (nSPS) is 21.7. The van der Waals surface area contributed by atoms with Crippen LogP contribution in [0.4, 0.5) is 0 Å². The molecule has 0 saturated heterocycles. The summed E-state index contributed by atoms with van der Waals surface area (Å²) in [5.74, 6) is -0.369. The molecule has 114 valence electrons. The van der Waals surface area contributed by atoms with Gasteiger partial charge in [0.05, 0.1) is 11.7 Å². The summed E-state index contributed by atoms with van der Waals surface area (Å²) >= 11 is 1.65. The maximum absolute atomic E-state index is 11.8. The third-order valence-electron chi connectivity index (χ3n) is 3.81. The van der Waals surface area contributed by atoms with Gasteiger partial charge in [0.15, 0.2) is 0 Å². The van der Waals surface area contributed by atoms with E-state index in [2.05, 4.69) is 5.32 Å². The fraction of sp³-hybridized carbons (Fsp3) is 0.500. The van der Waals surface area contributed by atoms with Crippen molar-refractivity contribution in [2.24, 2.45) is 5.92 Å². The summed E-state index contributed by atoms with van der Waals surface area (Å²) in [6, 6.07) is 9.84. The van der Waals surface area contributed by atoms with Gasteiger partial charge in [-0.15, -0.1) is 11.8 Å². The predicted octanol–water partition coefficient (Wildman–Crippen LogP) is 2.68. The Hall–Kier alpha value is -1.49. The van der Waals surface area contributed by atoms with E-state index in [1.807, 2.05) is 30.3 Å². The molecule has 5 heteroatoms. The van der Waals surface area contributed by atoms with Crippen LogP contribution in [0.25, 0.3) is 0 Å². The zero-order valence-electron chi connectivity index (χ0n) is 12.0. The summed E-state index contributed by atoms with van der Waals surface area (Å²) in [6.07, 6.45) is 3.26. The van der Waals surface area contributed by atoms with Gasteiger partial charge in [-0.05, 0) is 31.2 Å². The molecule has 1 aromatic rings. The molecule has 1 aromatic carbocycles. The Morgan fingerprint density at radius 1 is 1.14 bits per heavy atom. The maximum Gasteiger partial charge on any atom is 0.306 e. The van der Waals surface area contributed by atoms with Gasteiger partial charge in [0.25, 0.3) is 0 Å². The Morgan fingerprint density at radius 3 is 2.43 bits per heavy atom. The highest BCUT2D eigenvalue weighted by Crippen LogP contribution is 2.31. The van der Waals surface area contributed by atoms with Gasteiger partial charge in [0, 0.05) is 11.8 Å². The van der Waals surface area contributed by atoms with E-state index in [4.69, 9.17) is 5.11 Å². The molecule has 1 aliphatic carbocycles. The molecule has 0 radical (unpaired) electrons. The van der Waals surface area contributed by atoms with Crippen molar-refractivity contribution in [1.29, 1.82) is 0 Å². The fourth-order valence-electron chi connectivity index (χ4n) is 2.52. The number of thioether (sulfide) groups is 1. The quantitative estimate of drug-likeness (QED) is 0.848. The summed E-state index contributed by atoms with van der Waals surface area (Å²) in [5, 5.41) is 12.3. The van der Waals surface area contributed by atoms with Crippen LogP contribution in [0.1, 0.15) is 31.2 Å². The number of carboxylic acid groups (broad SMARTS) is 1. The minimum atomic E-state index is -0.681. The van der Waals surface area contributed by atoms with Gasteiger partial charge >= 0.3 is 5.97 Å². The molecule has 1 aliphatic rings. The summed E-state index contributed by atoms with van der Waals surface area (Å²) in [5.41, 5.74) is 1.10. The minimum absolute atomic E-state index is 0.0456. The van der Waals surface area contributed by atoms with Crippen LogP contribution >= 0.6 is 11.8 Å². The number of amides is 1. The number of carbonyl (C=O) groups is 2. The molecule has 1 saturated carbocycles. The van der Waals surface area contributed by atoms with E-state index >= 15 is 0 Å². The summed E-state index contributed by atoms with van der Waals surface area (Å²) in [7, 11) is 0. The van der Waals surface area contributed by atoms with Crippen molar-refractivity contribution in [3.8, 4) is 0 Å². The lowest BCUT2D eigenvalue weighted by atomic mass is 9.89.